The van der Waals surface area contributed by atoms with Crippen LogP contribution < -0.4 is 0 Å². The smallest absolute Gasteiger partial charge is 0.462 e. The van der Waals surface area contributed by atoms with Crippen LogP contribution in [0.3, 0.4) is 0 Å². The van der Waals surface area contributed by atoms with Gasteiger partial charge in [0.15, 0.2) is 6.10 Å². The normalized spacial score (nSPS) is 24.0. The van der Waals surface area contributed by atoms with Crippen molar-refractivity contribution in [3.8, 4) is 0 Å². The van der Waals surface area contributed by atoms with Crippen LogP contribution in [0.2, 0.25) is 0 Å². The summed E-state index contributed by atoms with van der Waals surface area (Å²) in [6.07, 6.45) is 19.1. The first-order valence-corrected chi connectivity index (χ1v) is 21.0. The molecule has 6 unspecified atom stereocenters. The molecule has 306 valence electrons. The minimum Gasteiger partial charge on any atom is -0.462 e. The quantitative estimate of drug-likeness (QED) is 0.0213. The molecule has 0 aromatic rings. The minimum atomic E-state index is -5.11. The van der Waals surface area contributed by atoms with Crippen LogP contribution in [0.1, 0.15) is 129 Å². The van der Waals surface area contributed by atoms with Gasteiger partial charge in [-0.3, -0.25) is 18.6 Å². The predicted molar refractivity (Wildman–Crippen MR) is 203 cm³/mol. The Labute approximate surface area is 316 Å². The first-order chi connectivity index (χ1) is 25.4. The molecule has 8 atom stereocenters. The summed E-state index contributed by atoms with van der Waals surface area (Å²) >= 11 is 0. The molecule has 0 radical (unpaired) electrons. The highest BCUT2D eigenvalue weighted by atomic mass is 31.2. The lowest BCUT2D eigenvalue weighted by Gasteiger charge is -2.41. The molecule has 0 aliphatic heterocycles. The Bertz CT molecular complexity index is 1120. The van der Waals surface area contributed by atoms with Gasteiger partial charge in [0.25, 0.3) is 0 Å². The van der Waals surface area contributed by atoms with Gasteiger partial charge in [-0.2, -0.15) is 0 Å². The molecule has 1 aliphatic rings. The number of unbranched alkanes of at least 4 members (excludes halogenated alkanes) is 13. The van der Waals surface area contributed by atoms with E-state index in [0.29, 0.717) is 12.8 Å². The van der Waals surface area contributed by atoms with Gasteiger partial charge in [0, 0.05) is 12.8 Å². The zero-order valence-corrected chi connectivity index (χ0v) is 32.7. The molecule has 0 heterocycles. The molecule has 13 nitrogen and oxygen atoms in total. The monoisotopic (exact) mass is 774 g/mol. The van der Waals surface area contributed by atoms with Gasteiger partial charge < -0.3 is 39.9 Å². The molecule has 6 N–H and O–H groups in total. The maximum atomic E-state index is 12.7. The van der Waals surface area contributed by atoms with Crippen molar-refractivity contribution in [2.75, 3.05) is 13.2 Å². The Balaban J connectivity index is 2.56. The summed E-state index contributed by atoms with van der Waals surface area (Å²) in [5.74, 6) is -1.13. The molecule has 0 bridgehead atoms. The average molecular weight is 775 g/mol. The fraction of sp³-hybridized carbons (Fsp3) is 0.744. The molecule has 53 heavy (non-hydrogen) atoms. The van der Waals surface area contributed by atoms with Gasteiger partial charge in [0.1, 0.15) is 43.2 Å². The number of phosphoric ester groups is 1. The molecule has 1 aliphatic carbocycles. The van der Waals surface area contributed by atoms with E-state index in [2.05, 4.69) is 26.0 Å². The van der Waals surface area contributed by atoms with E-state index in [-0.39, 0.29) is 12.8 Å². The van der Waals surface area contributed by atoms with Gasteiger partial charge in [-0.25, -0.2) is 4.57 Å². The Morgan fingerprint density at radius 3 is 1.64 bits per heavy atom. The summed E-state index contributed by atoms with van der Waals surface area (Å²) in [5.41, 5.74) is 0. The van der Waals surface area contributed by atoms with E-state index in [0.717, 1.165) is 57.8 Å². The maximum absolute atomic E-state index is 12.7. The standard InChI is InChI=1S/C39H67O13P/c1-3-5-7-9-11-13-14-15-16-17-18-20-22-24-26-28-33(41)51-31(29-49-32(40)27-25-23-21-19-12-10-8-6-4-2)30-50-53(47,48)52-39-37(45)35(43)34(42)36(44)38(39)46/h5,7,9,11,13-16,31,34-39,42-46H,3-4,6,8,10,12,17-30H2,1-2H3,(H,47,48)/b7-5+,11-9+,14-13+,16-15+/t31-,34?,35+,36?,37?,38?,39?/m1/s1. The van der Waals surface area contributed by atoms with Gasteiger partial charge in [0.05, 0.1) is 6.61 Å². The van der Waals surface area contributed by atoms with Crippen LogP contribution in [-0.4, -0.2) is 98.3 Å². The summed E-state index contributed by atoms with van der Waals surface area (Å²) in [6.45, 7) is 3.07. The molecular weight excluding hydrogens is 707 g/mol. The van der Waals surface area contributed by atoms with Crippen molar-refractivity contribution in [1.29, 1.82) is 0 Å². The number of carbonyl (C=O) groups excluding carboxylic acids is 2. The summed E-state index contributed by atoms with van der Waals surface area (Å²) in [4.78, 5) is 35.4. The SMILES string of the molecule is CC/C=C/C=C/C=C/C=C/CCCCCCCC(=O)O[C@H](COC(=O)CCCCCCCCCCC)COP(=O)(O)OC1C(O)C(O)C(O)[C@H](O)C1O. The number of carbonyl (C=O) groups is 2. The molecule has 0 aromatic heterocycles. The number of hydrogen-bond donors (Lipinski definition) is 6. The van der Waals surface area contributed by atoms with Crippen molar-refractivity contribution in [1.82, 2.24) is 0 Å². The lowest BCUT2D eigenvalue weighted by atomic mass is 9.85. The lowest BCUT2D eigenvalue weighted by Crippen LogP contribution is -2.64. The van der Waals surface area contributed by atoms with Gasteiger partial charge in [-0.15, -0.1) is 0 Å². The van der Waals surface area contributed by atoms with Crippen LogP contribution >= 0.6 is 7.82 Å². The minimum absolute atomic E-state index is 0.0698. The number of rotatable bonds is 30. The topological polar surface area (TPSA) is 210 Å². The van der Waals surface area contributed by atoms with Gasteiger partial charge in [-0.1, -0.05) is 133 Å². The molecule has 0 aromatic carbocycles. The van der Waals surface area contributed by atoms with Crippen molar-refractivity contribution < 1.29 is 63.1 Å². The van der Waals surface area contributed by atoms with Crippen LogP contribution in [0.5, 0.6) is 0 Å². The average Bonchev–Trinajstić information content (AvgIpc) is 3.13. The van der Waals surface area contributed by atoms with Crippen LogP contribution in [0.15, 0.2) is 48.6 Å². The molecular formula is C39H67O13P. The van der Waals surface area contributed by atoms with Crippen molar-refractivity contribution in [3.05, 3.63) is 48.6 Å². The second-order valence-corrected chi connectivity index (χ2v) is 14.9. The van der Waals surface area contributed by atoms with Crippen LogP contribution in [0, 0.1) is 0 Å². The van der Waals surface area contributed by atoms with Crippen molar-refractivity contribution >= 4 is 19.8 Å². The first kappa shape index (κ1) is 48.8. The lowest BCUT2D eigenvalue weighted by molar-refractivity contribution is -0.220. The number of esters is 2. The molecule has 0 amide bonds. The van der Waals surface area contributed by atoms with E-state index in [1.807, 2.05) is 36.5 Å². The Morgan fingerprint density at radius 2 is 1.08 bits per heavy atom. The summed E-state index contributed by atoms with van der Waals surface area (Å²) in [5, 5.41) is 49.9. The molecule has 1 fully saturated rings. The second-order valence-electron chi connectivity index (χ2n) is 13.5. The highest BCUT2D eigenvalue weighted by Gasteiger charge is 2.51. The zero-order chi connectivity index (χ0) is 39.3. The van der Waals surface area contributed by atoms with E-state index in [1.54, 1.807) is 0 Å². The van der Waals surface area contributed by atoms with E-state index in [1.165, 1.54) is 32.1 Å². The maximum Gasteiger partial charge on any atom is 0.472 e. The van der Waals surface area contributed by atoms with Gasteiger partial charge in [-0.05, 0) is 32.1 Å². The summed E-state index contributed by atoms with van der Waals surface area (Å²) in [7, 11) is -5.11. The third-order valence-corrected chi connectivity index (χ3v) is 9.76. The first-order valence-electron chi connectivity index (χ1n) is 19.5. The molecule has 0 spiro atoms. The van der Waals surface area contributed by atoms with E-state index < -0.39 is 75.7 Å². The molecule has 1 saturated carbocycles. The molecule has 14 heteroatoms. The summed E-state index contributed by atoms with van der Waals surface area (Å²) in [6, 6.07) is 0. The van der Waals surface area contributed by atoms with Crippen LogP contribution in [0.25, 0.3) is 0 Å². The fourth-order valence-electron chi connectivity index (χ4n) is 5.59. The number of allylic oxidation sites excluding steroid dienone is 8. The van der Waals surface area contributed by atoms with Gasteiger partial charge >= 0.3 is 19.8 Å². The predicted octanol–water partition coefficient (Wildman–Crippen LogP) is 6.05. The number of ether oxygens (including phenoxy) is 2. The Morgan fingerprint density at radius 1 is 0.604 bits per heavy atom. The number of phosphoric acid groups is 1. The highest BCUT2D eigenvalue weighted by Crippen LogP contribution is 2.47. The number of aliphatic hydroxyl groups excluding tert-OH is 5. The Kier molecular flexibility index (Phi) is 27.7. The number of aliphatic hydroxyl groups is 5. The van der Waals surface area contributed by atoms with Crippen molar-refractivity contribution in [3.63, 3.8) is 0 Å². The number of hydrogen-bond acceptors (Lipinski definition) is 12. The Hall–Kier alpha value is -2.19. The summed E-state index contributed by atoms with van der Waals surface area (Å²) < 4.78 is 33.3. The van der Waals surface area contributed by atoms with Crippen LogP contribution in [-0.2, 0) is 32.7 Å². The van der Waals surface area contributed by atoms with E-state index in [4.69, 9.17) is 18.5 Å². The van der Waals surface area contributed by atoms with Crippen LogP contribution in [0.4, 0.5) is 0 Å². The molecule has 1 rings (SSSR count). The second kappa shape index (κ2) is 30.1. The third-order valence-electron chi connectivity index (χ3n) is 8.78. The van der Waals surface area contributed by atoms with Crippen molar-refractivity contribution in [2.45, 2.75) is 172 Å². The van der Waals surface area contributed by atoms with E-state index in [9.17, 15) is 44.6 Å². The van der Waals surface area contributed by atoms with Crippen molar-refractivity contribution in [2.24, 2.45) is 0 Å². The highest BCUT2D eigenvalue weighted by molar-refractivity contribution is 7.47. The largest absolute Gasteiger partial charge is 0.472 e. The molecule has 0 saturated heterocycles. The fourth-order valence-corrected chi connectivity index (χ4v) is 6.56. The van der Waals surface area contributed by atoms with Gasteiger partial charge in [0.2, 0.25) is 0 Å². The zero-order valence-electron chi connectivity index (χ0n) is 31.8. The van der Waals surface area contributed by atoms with E-state index >= 15 is 0 Å². The third kappa shape index (κ3) is 23.4.